The fourth-order valence-electron chi connectivity index (χ4n) is 2.78. The van der Waals surface area contributed by atoms with Crippen LogP contribution in [0.15, 0.2) is 42.9 Å². The summed E-state index contributed by atoms with van der Waals surface area (Å²) in [6.45, 7) is 2.56. The molecule has 0 saturated carbocycles. The molecule has 1 saturated heterocycles. The number of benzene rings is 1. The summed E-state index contributed by atoms with van der Waals surface area (Å²) < 4.78 is 5.27. The lowest BCUT2D eigenvalue weighted by atomic mass is 10.1. The molecule has 0 radical (unpaired) electrons. The number of rotatable bonds is 5. The number of carbonyl (C=O) groups excluding carboxylic acids is 1. The summed E-state index contributed by atoms with van der Waals surface area (Å²) in [7, 11) is 1.67. The number of nitrogens with one attached hydrogen (secondary N) is 1. The number of nitrogens with zero attached hydrogens (tertiary/aromatic N) is 3. The molecule has 1 fully saturated rings. The van der Waals surface area contributed by atoms with Crippen molar-refractivity contribution < 1.29 is 9.53 Å². The molecule has 6 nitrogen and oxygen atoms in total. The van der Waals surface area contributed by atoms with Gasteiger partial charge in [0.25, 0.3) is 5.91 Å². The predicted molar refractivity (Wildman–Crippen MR) is 87.7 cm³/mol. The number of aromatic nitrogens is 2. The van der Waals surface area contributed by atoms with Gasteiger partial charge in [0.1, 0.15) is 11.4 Å². The van der Waals surface area contributed by atoms with E-state index >= 15 is 0 Å². The molecule has 1 aromatic heterocycles. The van der Waals surface area contributed by atoms with Gasteiger partial charge in [0, 0.05) is 43.8 Å². The van der Waals surface area contributed by atoms with E-state index in [4.69, 9.17) is 4.74 Å². The predicted octanol–water partition coefficient (Wildman–Crippen LogP) is 1.74. The van der Waals surface area contributed by atoms with Crippen LogP contribution < -0.4 is 15.0 Å². The van der Waals surface area contributed by atoms with Gasteiger partial charge in [0.2, 0.25) is 0 Å². The van der Waals surface area contributed by atoms with Gasteiger partial charge >= 0.3 is 0 Å². The van der Waals surface area contributed by atoms with E-state index in [1.54, 1.807) is 13.3 Å². The molecule has 0 bridgehead atoms. The van der Waals surface area contributed by atoms with E-state index in [2.05, 4.69) is 26.3 Å². The molecule has 2 heterocycles. The quantitative estimate of drug-likeness (QED) is 0.911. The Bertz CT molecular complexity index is 663. The van der Waals surface area contributed by atoms with E-state index in [0.29, 0.717) is 18.2 Å². The lowest BCUT2D eigenvalue weighted by molar-refractivity contribution is 0.0943. The molecule has 1 unspecified atom stereocenters. The molecule has 0 aliphatic carbocycles. The lowest BCUT2D eigenvalue weighted by Crippen LogP contribution is -2.31. The van der Waals surface area contributed by atoms with Crippen molar-refractivity contribution in [1.82, 2.24) is 15.3 Å². The molecule has 1 aliphatic heterocycles. The Balaban J connectivity index is 1.53. The van der Waals surface area contributed by atoms with E-state index in [9.17, 15) is 4.79 Å². The average Bonchev–Trinajstić information content (AvgIpc) is 3.09. The standard InChI is InChI=1S/C17H20N4O2/c1-23-15-4-2-3-14(9-15)21-8-5-13(12-21)10-20-17(22)16-11-18-6-7-19-16/h2-4,6-7,9,11,13H,5,8,10,12H2,1H3,(H,20,22). The zero-order valence-corrected chi connectivity index (χ0v) is 13.1. The highest BCUT2D eigenvalue weighted by Gasteiger charge is 2.23. The van der Waals surface area contributed by atoms with Crippen LogP contribution in [0.3, 0.4) is 0 Å². The van der Waals surface area contributed by atoms with Crippen molar-refractivity contribution in [3.05, 3.63) is 48.5 Å². The van der Waals surface area contributed by atoms with Crippen LogP contribution in [-0.4, -0.2) is 42.6 Å². The van der Waals surface area contributed by atoms with Gasteiger partial charge in [-0.25, -0.2) is 4.98 Å². The van der Waals surface area contributed by atoms with Gasteiger partial charge in [0.05, 0.1) is 13.3 Å². The second kappa shape index (κ2) is 7.09. The Morgan fingerprint density at radius 1 is 1.43 bits per heavy atom. The van der Waals surface area contributed by atoms with Crippen LogP contribution >= 0.6 is 0 Å². The second-order valence-corrected chi connectivity index (χ2v) is 5.60. The molecule has 23 heavy (non-hydrogen) atoms. The van der Waals surface area contributed by atoms with Crippen LogP contribution in [0.1, 0.15) is 16.9 Å². The number of methoxy groups -OCH3 is 1. The van der Waals surface area contributed by atoms with Gasteiger partial charge in [0.15, 0.2) is 0 Å². The van der Waals surface area contributed by atoms with Crippen molar-refractivity contribution in [3.63, 3.8) is 0 Å². The first-order valence-electron chi connectivity index (χ1n) is 7.69. The van der Waals surface area contributed by atoms with Gasteiger partial charge < -0.3 is 15.0 Å². The Labute approximate surface area is 135 Å². The number of anilines is 1. The van der Waals surface area contributed by atoms with E-state index < -0.39 is 0 Å². The minimum Gasteiger partial charge on any atom is -0.497 e. The number of amides is 1. The molecule has 0 spiro atoms. The Kier molecular flexibility index (Phi) is 4.71. The Hall–Kier alpha value is -2.63. The molecule has 2 aromatic rings. The summed E-state index contributed by atoms with van der Waals surface area (Å²) in [5, 5.41) is 2.94. The molecule has 120 valence electrons. The van der Waals surface area contributed by atoms with Gasteiger partial charge in [-0.3, -0.25) is 9.78 Å². The topological polar surface area (TPSA) is 67.3 Å². The SMILES string of the molecule is COc1cccc(N2CCC(CNC(=O)c3cnccn3)C2)c1. The highest BCUT2D eigenvalue weighted by atomic mass is 16.5. The maximum Gasteiger partial charge on any atom is 0.271 e. The molecule has 1 aliphatic rings. The average molecular weight is 312 g/mol. The molecule has 3 rings (SSSR count). The molecule has 6 heteroatoms. The van der Waals surface area contributed by atoms with E-state index in [1.165, 1.54) is 12.4 Å². The highest BCUT2D eigenvalue weighted by Crippen LogP contribution is 2.26. The summed E-state index contributed by atoms with van der Waals surface area (Å²) in [5.74, 6) is 1.13. The van der Waals surface area contributed by atoms with E-state index in [1.807, 2.05) is 18.2 Å². The van der Waals surface area contributed by atoms with Gasteiger partial charge in [-0.05, 0) is 24.5 Å². The van der Waals surface area contributed by atoms with Gasteiger partial charge in [-0.1, -0.05) is 6.07 Å². The molecular formula is C17H20N4O2. The maximum absolute atomic E-state index is 12.0. The zero-order chi connectivity index (χ0) is 16.1. The third-order valence-corrected chi connectivity index (χ3v) is 4.05. The molecule has 1 amide bonds. The second-order valence-electron chi connectivity index (χ2n) is 5.60. The molecule has 1 aromatic carbocycles. The maximum atomic E-state index is 12.0. The van der Waals surface area contributed by atoms with E-state index in [-0.39, 0.29) is 5.91 Å². The molecule has 1 atom stereocenters. The largest absolute Gasteiger partial charge is 0.497 e. The van der Waals surface area contributed by atoms with Crippen molar-refractivity contribution in [2.75, 3.05) is 31.6 Å². The number of ether oxygens (including phenoxy) is 1. The van der Waals surface area contributed by atoms with Crippen molar-refractivity contribution in [2.24, 2.45) is 5.92 Å². The van der Waals surface area contributed by atoms with Crippen LogP contribution in [0, 0.1) is 5.92 Å². The monoisotopic (exact) mass is 312 g/mol. The lowest BCUT2D eigenvalue weighted by Gasteiger charge is -2.19. The van der Waals surface area contributed by atoms with Crippen LogP contribution in [0.5, 0.6) is 5.75 Å². The minimum absolute atomic E-state index is 0.169. The fraction of sp³-hybridized carbons (Fsp3) is 0.353. The van der Waals surface area contributed by atoms with Gasteiger partial charge in [-0.2, -0.15) is 0 Å². The summed E-state index contributed by atoms with van der Waals surface area (Å²) in [6, 6.07) is 8.07. The van der Waals surface area contributed by atoms with Crippen LogP contribution in [0.25, 0.3) is 0 Å². The molecule has 1 N–H and O–H groups in total. The minimum atomic E-state index is -0.169. The van der Waals surface area contributed by atoms with Crippen molar-refractivity contribution in [3.8, 4) is 5.75 Å². The number of hydrogen-bond acceptors (Lipinski definition) is 5. The van der Waals surface area contributed by atoms with Gasteiger partial charge in [-0.15, -0.1) is 0 Å². The Morgan fingerprint density at radius 2 is 2.35 bits per heavy atom. The smallest absolute Gasteiger partial charge is 0.271 e. The first-order valence-corrected chi connectivity index (χ1v) is 7.69. The third-order valence-electron chi connectivity index (χ3n) is 4.05. The van der Waals surface area contributed by atoms with Crippen molar-refractivity contribution >= 4 is 11.6 Å². The third kappa shape index (κ3) is 3.77. The fourth-order valence-corrected chi connectivity index (χ4v) is 2.78. The normalized spacial score (nSPS) is 17.1. The van der Waals surface area contributed by atoms with Crippen molar-refractivity contribution in [1.29, 1.82) is 0 Å². The zero-order valence-electron chi connectivity index (χ0n) is 13.1. The Morgan fingerprint density at radius 3 is 3.13 bits per heavy atom. The summed E-state index contributed by atoms with van der Waals surface area (Å²) in [6.07, 6.45) is 5.61. The van der Waals surface area contributed by atoms with E-state index in [0.717, 1.165) is 30.9 Å². The van der Waals surface area contributed by atoms with Crippen LogP contribution in [0.4, 0.5) is 5.69 Å². The summed E-state index contributed by atoms with van der Waals surface area (Å²) in [4.78, 5) is 22.2. The first-order chi connectivity index (χ1) is 11.3. The number of carbonyl (C=O) groups is 1. The highest BCUT2D eigenvalue weighted by molar-refractivity contribution is 5.91. The molecular weight excluding hydrogens is 292 g/mol. The first kappa shape index (κ1) is 15.3. The van der Waals surface area contributed by atoms with Crippen LogP contribution in [0.2, 0.25) is 0 Å². The van der Waals surface area contributed by atoms with Crippen molar-refractivity contribution in [2.45, 2.75) is 6.42 Å². The number of hydrogen-bond donors (Lipinski definition) is 1. The van der Waals surface area contributed by atoms with Crippen LogP contribution in [-0.2, 0) is 0 Å². The summed E-state index contributed by atoms with van der Waals surface area (Å²) >= 11 is 0. The summed E-state index contributed by atoms with van der Waals surface area (Å²) in [5.41, 5.74) is 1.52.